The number of hydrogen-bond acceptors (Lipinski definition) is 6. The van der Waals surface area contributed by atoms with E-state index < -0.39 is 27.3 Å². The summed E-state index contributed by atoms with van der Waals surface area (Å²) in [6, 6.07) is 1.85. The monoisotopic (exact) mass is 490 g/mol. The zero-order chi connectivity index (χ0) is 22.3. The van der Waals surface area contributed by atoms with Crippen molar-refractivity contribution in [3.63, 3.8) is 0 Å². The zero-order valence-corrected chi connectivity index (χ0v) is 17.9. The minimum Gasteiger partial charge on any atom is -0.393 e. The fourth-order valence-corrected chi connectivity index (χ4v) is 4.60. The van der Waals surface area contributed by atoms with E-state index in [1.54, 1.807) is 5.01 Å². The highest BCUT2D eigenvalue weighted by Crippen LogP contribution is 2.36. The lowest BCUT2D eigenvalue weighted by Gasteiger charge is -2.36. The lowest BCUT2D eigenvalue weighted by atomic mass is 9.98. The van der Waals surface area contributed by atoms with Crippen LogP contribution in [-0.2, 0) is 21.3 Å². The molecule has 0 aromatic heterocycles. The third-order valence-electron chi connectivity index (χ3n) is 5.13. The number of hydrazine groups is 1. The summed E-state index contributed by atoms with van der Waals surface area (Å²) < 4.78 is 63.8. The molecule has 0 saturated carbocycles. The molecular weight excluding hydrogens is 472 g/mol. The van der Waals surface area contributed by atoms with Crippen molar-refractivity contribution >= 4 is 39.2 Å². The van der Waals surface area contributed by atoms with Crippen molar-refractivity contribution in [2.24, 2.45) is 5.92 Å². The number of aliphatic hydroxyl groups is 1. The second-order valence-corrected chi connectivity index (χ2v) is 9.54. The Bertz CT molecular complexity index is 897. The van der Waals surface area contributed by atoms with Crippen LogP contribution in [0.5, 0.6) is 5.75 Å². The molecule has 0 unspecified atom stereocenters. The molecule has 1 atom stereocenters. The van der Waals surface area contributed by atoms with Crippen molar-refractivity contribution in [1.82, 2.24) is 10.0 Å². The van der Waals surface area contributed by atoms with Gasteiger partial charge in [0.05, 0.1) is 6.10 Å². The number of carbonyl (C=O) groups is 1. The van der Waals surface area contributed by atoms with Crippen LogP contribution in [-0.4, -0.2) is 60.7 Å². The summed E-state index contributed by atoms with van der Waals surface area (Å²) in [7, 11) is -5.85. The molecule has 0 radical (unpaired) electrons. The van der Waals surface area contributed by atoms with Crippen LogP contribution < -0.4 is 4.18 Å². The Kier molecular flexibility index (Phi) is 6.78. The van der Waals surface area contributed by atoms with Gasteiger partial charge in [0.1, 0.15) is 5.75 Å². The van der Waals surface area contributed by atoms with E-state index in [0.29, 0.717) is 44.5 Å². The largest absolute Gasteiger partial charge is 0.534 e. The van der Waals surface area contributed by atoms with Crippen LogP contribution >= 0.6 is 23.2 Å². The van der Waals surface area contributed by atoms with Gasteiger partial charge in [-0.3, -0.25) is 9.80 Å². The Morgan fingerprint density at radius 2 is 1.67 bits per heavy atom. The maximum atomic E-state index is 12.8. The van der Waals surface area contributed by atoms with E-state index >= 15 is 0 Å². The fraction of sp³-hybridized carbons (Fsp3) is 0.588. The first-order valence-corrected chi connectivity index (χ1v) is 11.3. The van der Waals surface area contributed by atoms with Gasteiger partial charge < -0.3 is 9.29 Å². The number of amides is 1. The van der Waals surface area contributed by atoms with Crippen molar-refractivity contribution < 1.29 is 35.7 Å². The van der Waals surface area contributed by atoms with Gasteiger partial charge in [-0.25, -0.2) is 5.01 Å². The van der Waals surface area contributed by atoms with Gasteiger partial charge in [0, 0.05) is 47.7 Å². The minimum atomic E-state index is -5.85. The number of nitrogens with zero attached hydrogens (tertiary/aromatic N) is 2. The maximum absolute atomic E-state index is 12.8. The molecule has 1 aromatic carbocycles. The average Bonchev–Trinajstić information content (AvgIpc) is 2.98. The summed E-state index contributed by atoms with van der Waals surface area (Å²) in [4.78, 5) is 12.8. The lowest BCUT2D eigenvalue weighted by Crippen LogP contribution is -2.49. The number of aliphatic hydroxyl groups excluding tert-OH is 1. The third kappa shape index (κ3) is 4.96. The van der Waals surface area contributed by atoms with Crippen molar-refractivity contribution in [3.05, 3.63) is 27.7 Å². The summed E-state index contributed by atoms with van der Waals surface area (Å²) in [6.07, 6.45) is 1.47. The third-order valence-corrected chi connectivity index (χ3v) is 6.78. The topological polar surface area (TPSA) is 87.2 Å². The molecule has 0 spiro atoms. The molecule has 168 valence electrons. The predicted octanol–water partition coefficient (Wildman–Crippen LogP) is 2.98. The standard InChI is InChI=1S/C17H19Cl2F3N2O5S/c18-14-8-12(29-30(27,28)17(20,21)22)9-15(19)13(14)7-10-1-6-24(16(10)26)23-4-2-11(25)3-5-23/h8-11,25H,1-7H2/t10-/m0/s1. The van der Waals surface area contributed by atoms with Crippen molar-refractivity contribution in [2.75, 3.05) is 19.6 Å². The highest BCUT2D eigenvalue weighted by Gasteiger charge is 2.48. The van der Waals surface area contributed by atoms with Gasteiger partial charge in [0.2, 0.25) is 5.91 Å². The highest BCUT2D eigenvalue weighted by molar-refractivity contribution is 7.88. The van der Waals surface area contributed by atoms with Crippen molar-refractivity contribution in [1.29, 1.82) is 0 Å². The maximum Gasteiger partial charge on any atom is 0.534 e. The number of rotatable bonds is 5. The minimum absolute atomic E-state index is 0.0952. The molecule has 13 heteroatoms. The molecule has 2 aliphatic rings. The molecule has 0 bridgehead atoms. The molecule has 30 heavy (non-hydrogen) atoms. The smallest absolute Gasteiger partial charge is 0.393 e. The average molecular weight is 491 g/mol. The summed E-state index contributed by atoms with van der Waals surface area (Å²) >= 11 is 12.2. The molecule has 1 N–H and O–H groups in total. The number of benzene rings is 1. The van der Waals surface area contributed by atoms with Gasteiger partial charge in [-0.15, -0.1) is 0 Å². The Hall–Kier alpha value is -1.27. The van der Waals surface area contributed by atoms with E-state index in [2.05, 4.69) is 4.18 Å². The van der Waals surface area contributed by atoms with Gasteiger partial charge in [0.25, 0.3) is 0 Å². The molecule has 2 saturated heterocycles. The second-order valence-electron chi connectivity index (χ2n) is 7.18. The van der Waals surface area contributed by atoms with E-state index in [9.17, 15) is 31.5 Å². The first kappa shape index (κ1) is 23.4. The van der Waals surface area contributed by atoms with E-state index in [1.165, 1.54) is 0 Å². The Balaban J connectivity index is 1.71. The number of piperidine rings is 1. The molecule has 3 rings (SSSR count). The second kappa shape index (κ2) is 8.70. The summed E-state index contributed by atoms with van der Waals surface area (Å²) in [5.41, 5.74) is -5.26. The summed E-state index contributed by atoms with van der Waals surface area (Å²) in [6.45, 7) is 1.64. The molecule has 1 aromatic rings. The molecule has 2 aliphatic heterocycles. The molecule has 2 fully saturated rings. The number of halogens is 5. The van der Waals surface area contributed by atoms with Gasteiger partial charge in [-0.2, -0.15) is 21.6 Å². The van der Waals surface area contributed by atoms with E-state index in [1.807, 2.05) is 5.01 Å². The van der Waals surface area contributed by atoms with Gasteiger partial charge in [0.15, 0.2) is 0 Å². The fourth-order valence-electron chi connectivity index (χ4n) is 3.53. The van der Waals surface area contributed by atoms with Crippen molar-refractivity contribution in [2.45, 2.75) is 37.3 Å². The number of alkyl halides is 3. The molecule has 1 amide bonds. The Morgan fingerprint density at radius 3 is 2.20 bits per heavy atom. The SMILES string of the molecule is O=C1[C@H](Cc2c(Cl)cc(OS(=O)(=O)C(F)(F)F)cc2Cl)CCN1N1CCC(O)CC1. The Morgan fingerprint density at radius 1 is 1.10 bits per heavy atom. The first-order valence-electron chi connectivity index (χ1n) is 9.12. The van der Waals surface area contributed by atoms with E-state index in [-0.39, 0.29) is 28.5 Å². The van der Waals surface area contributed by atoms with Crippen LogP contribution in [0.4, 0.5) is 13.2 Å². The number of hydrogen-bond donors (Lipinski definition) is 1. The lowest BCUT2D eigenvalue weighted by molar-refractivity contribution is -0.149. The quantitative estimate of drug-likeness (QED) is 0.504. The van der Waals surface area contributed by atoms with E-state index in [4.69, 9.17) is 23.2 Å². The summed E-state index contributed by atoms with van der Waals surface area (Å²) in [5, 5.41) is 13.0. The van der Waals surface area contributed by atoms with Crippen molar-refractivity contribution in [3.8, 4) is 5.75 Å². The van der Waals surface area contributed by atoms with Crippen LogP contribution in [0.3, 0.4) is 0 Å². The molecule has 2 heterocycles. The molecule has 0 aliphatic carbocycles. The number of carbonyl (C=O) groups excluding carboxylic acids is 1. The van der Waals surface area contributed by atoms with Crippen LogP contribution in [0.25, 0.3) is 0 Å². The Labute approximate surface area is 181 Å². The zero-order valence-electron chi connectivity index (χ0n) is 15.5. The summed E-state index contributed by atoms with van der Waals surface area (Å²) in [5.74, 6) is -1.23. The van der Waals surface area contributed by atoms with Crippen LogP contribution in [0.1, 0.15) is 24.8 Å². The highest BCUT2D eigenvalue weighted by atomic mass is 35.5. The van der Waals surface area contributed by atoms with Crippen LogP contribution in [0.2, 0.25) is 10.0 Å². The van der Waals surface area contributed by atoms with Gasteiger partial charge in [-0.05, 0) is 31.2 Å². The predicted molar refractivity (Wildman–Crippen MR) is 102 cm³/mol. The van der Waals surface area contributed by atoms with Crippen LogP contribution in [0, 0.1) is 5.92 Å². The first-order chi connectivity index (χ1) is 13.9. The van der Waals surface area contributed by atoms with Gasteiger partial charge in [-0.1, -0.05) is 23.2 Å². The molecule has 7 nitrogen and oxygen atoms in total. The van der Waals surface area contributed by atoms with Crippen LogP contribution in [0.15, 0.2) is 12.1 Å². The molecular formula is C17H19Cl2F3N2O5S. The van der Waals surface area contributed by atoms with E-state index in [0.717, 1.165) is 12.1 Å². The normalized spacial score (nSPS) is 22.0. The van der Waals surface area contributed by atoms with Gasteiger partial charge >= 0.3 is 15.6 Å².